The molecule has 2 aliphatic heterocycles. The second-order valence-corrected chi connectivity index (χ2v) is 7.46. The fraction of sp³-hybridized carbons (Fsp3) is 0.562. The number of rotatable bonds is 3. The molecule has 3 heteroatoms. The second kappa shape index (κ2) is 5.58. The largest absolute Gasteiger partial charge is 0.357 e. The number of fused-ring (bicyclic) bond motifs is 1. The maximum Gasteiger partial charge on any atom is 0.113 e. The lowest BCUT2D eigenvalue weighted by atomic mass is 10.1. The third kappa shape index (κ3) is 2.81. The average Bonchev–Trinajstić information content (AvgIpc) is 2.84. The first kappa shape index (κ1) is 13.0. The average molecular weight is 274 g/mol. The van der Waals surface area contributed by atoms with Crippen LogP contribution in [0.2, 0.25) is 0 Å². The Kier molecular flexibility index (Phi) is 3.83. The highest BCUT2D eigenvalue weighted by Gasteiger charge is 2.34. The first-order valence-electron chi connectivity index (χ1n) is 7.27. The lowest BCUT2D eigenvalue weighted by Crippen LogP contribution is -2.40. The van der Waals surface area contributed by atoms with Gasteiger partial charge in [0, 0.05) is 13.1 Å². The second-order valence-electron chi connectivity index (χ2n) is 5.68. The molecule has 0 bridgehead atoms. The van der Waals surface area contributed by atoms with Gasteiger partial charge in [0.25, 0.3) is 0 Å². The Bertz CT molecular complexity index is 455. The normalized spacial score (nSPS) is 26.5. The highest BCUT2D eigenvalue weighted by atomic mass is 32.2. The summed E-state index contributed by atoms with van der Waals surface area (Å²) in [5.74, 6) is 1.36. The van der Waals surface area contributed by atoms with Crippen molar-refractivity contribution < 1.29 is 0 Å². The van der Waals surface area contributed by atoms with Crippen LogP contribution in [0.15, 0.2) is 35.3 Å². The number of hydrogen-bond donors (Lipinski definition) is 0. The van der Waals surface area contributed by atoms with E-state index in [1.165, 1.54) is 30.8 Å². The van der Waals surface area contributed by atoms with Crippen molar-refractivity contribution in [3.8, 4) is 0 Å². The Morgan fingerprint density at radius 1 is 1.26 bits per heavy atom. The van der Waals surface area contributed by atoms with Crippen molar-refractivity contribution in [1.82, 2.24) is 4.90 Å². The van der Waals surface area contributed by atoms with Gasteiger partial charge in [-0.2, -0.15) is 0 Å². The summed E-state index contributed by atoms with van der Waals surface area (Å²) in [4.78, 5) is 7.55. The van der Waals surface area contributed by atoms with Crippen LogP contribution in [0.25, 0.3) is 0 Å². The molecule has 3 rings (SSSR count). The molecule has 0 spiro atoms. The van der Waals surface area contributed by atoms with E-state index in [1.54, 1.807) is 0 Å². The van der Waals surface area contributed by atoms with Gasteiger partial charge in [-0.3, -0.25) is 4.99 Å². The topological polar surface area (TPSA) is 15.6 Å². The van der Waals surface area contributed by atoms with Crippen molar-refractivity contribution in [3.63, 3.8) is 0 Å². The van der Waals surface area contributed by atoms with Gasteiger partial charge in [0.15, 0.2) is 0 Å². The summed E-state index contributed by atoms with van der Waals surface area (Å²) in [6.45, 7) is 6.84. The van der Waals surface area contributed by atoms with Crippen molar-refractivity contribution in [3.05, 3.63) is 35.9 Å². The van der Waals surface area contributed by atoms with E-state index in [0.29, 0.717) is 16.5 Å². The van der Waals surface area contributed by atoms with E-state index in [2.05, 4.69) is 60.8 Å². The van der Waals surface area contributed by atoms with Crippen molar-refractivity contribution in [2.45, 2.75) is 43.2 Å². The van der Waals surface area contributed by atoms with E-state index in [-0.39, 0.29) is 0 Å². The van der Waals surface area contributed by atoms with Crippen LogP contribution >= 0.6 is 11.8 Å². The lowest BCUT2D eigenvalue weighted by Gasteiger charge is -2.32. The molecule has 0 aromatic heterocycles. The SMILES string of the molecule is CC(C)SC1CCCN2CC(c3ccccc3)N=C12. The van der Waals surface area contributed by atoms with Gasteiger partial charge in [-0.25, -0.2) is 0 Å². The summed E-state index contributed by atoms with van der Waals surface area (Å²) < 4.78 is 0. The molecule has 2 aliphatic rings. The summed E-state index contributed by atoms with van der Waals surface area (Å²) in [6.07, 6.45) is 2.60. The van der Waals surface area contributed by atoms with Gasteiger partial charge in [-0.1, -0.05) is 44.2 Å². The highest BCUT2D eigenvalue weighted by molar-refractivity contribution is 8.01. The molecule has 102 valence electrons. The van der Waals surface area contributed by atoms with Crippen molar-refractivity contribution in [2.24, 2.45) is 4.99 Å². The van der Waals surface area contributed by atoms with Gasteiger partial charge < -0.3 is 4.90 Å². The van der Waals surface area contributed by atoms with Crippen molar-refractivity contribution in [1.29, 1.82) is 0 Å². The van der Waals surface area contributed by atoms with Crippen LogP contribution in [0.1, 0.15) is 38.3 Å². The zero-order chi connectivity index (χ0) is 13.2. The number of aliphatic imine (C=N–C) groups is 1. The molecule has 2 unspecified atom stereocenters. The molecule has 2 atom stereocenters. The maximum absolute atomic E-state index is 5.04. The zero-order valence-corrected chi connectivity index (χ0v) is 12.6. The molecule has 2 nitrogen and oxygen atoms in total. The number of nitrogens with zero attached hydrogens (tertiary/aromatic N) is 2. The van der Waals surface area contributed by atoms with Gasteiger partial charge in [0.05, 0.1) is 11.3 Å². The Balaban J connectivity index is 1.80. The number of amidine groups is 1. The Hall–Kier alpha value is -0.960. The first-order chi connectivity index (χ1) is 9.24. The molecule has 0 radical (unpaired) electrons. The molecular weight excluding hydrogens is 252 g/mol. The molecule has 1 aromatic carbocycles. The zero-order valence-electron chi connectivity index (χ0n) is 11.7. The molecule has 0 saturated carbocycles. The molecule has 1 aromatic rings. The first-order valence-corrected chi connectivity index (χ1v) is 8.21. The van der Waals surface area contributed by atoms with Crippen LogP contribution in [0.4, 0.5) is 0 Å². The number of benzene rings is 1. The van der Waals surface area contributed by atoms with E-state index >= 15 is 0 Å². The molecule has 19 heavy (non-hydrogen) atoms. The van der Waals surface area contributed by atoms with Gasteiger partial charge in [0.2, 0.25) is 0 Å². The summed E-state index contributed by atoms with van der Waals surface area (Å²) in [5, 5.41) is 1.30. The smallest absolute Gasteiger partial charge is 0.113 e. The summed E-state index contributed by atoms with van der Waals surface area (Å²) in [6, 6.07) is 11.1. The molecular formula is C16H22N2S. The summed E-state index contributed by atoms with van der Waals surface area (Å²) in [5.41, 5.74) is 1.36. The van der Waals surface area contributed by atoms with Crippen LogP contribution in [0.3, 0.4) is 0 Å². The fourth-order valence-corrected chi connectivity index (χ4v) is 4.28. The number of hydrogen-bond acceptors (Lipinski definition) is 3. The summed E-state index contributed by atoms with van der Waals surface area (Å²) in [7, 11) is 0. The molecule has 0 aliphatic carbocycles. The van der Waals surface area contributed by atoms with Gasteiger partial charge in [0.1, 0.15) is 5.84 Å². The van der Waals surface area contributed by atoms with E-state index in [4.69, 9.17) is 4.99 Å². The maximum atomic E-state index is 5.04. The van der Waals surface area contributed by atoms with E-state index in [0.717, 1.165) is 6.54 Å². The van der Waals surface area contributed by atoms with Crippen LogP contribution in [-0.2, 0) is 0 Å². The predicted molar refractivity (Wildman–Crippen MR) is 83.9 cm³/mol. The summed E-state index contributed by atoms with van der Waals surface area (Å²) >= 11 is 2.08. The number of thioether (sulfide) groups is 1. The quantitative estimate of drug-likeness (QED) is 0.834. The number of piperidine rings is 1. The Labute approximate surface area is 120 Å². The monoisotopic (exact) mass is 274 g/mol. The standard InChI is InChI=1S/C16H22N2S/c1-12(2)19-15-9-6-10-18-11-14(17-16(15)18)13-7-4-3-5-8-13/h3-5,7-8,12,14-15H,6,9-11H2,1-2H3. The minimum atomic E-state index is 0.351. The van der Waals surface area contributed by atoms with Crippen LogP contribution < -0.4 is 0 Å². The lowest BCUT2D eigenvalue weighted by molar-refractivity contribution is 0.387. The van der Waals surface area contributed by atoms with Gasteiger partial charge in [-0.05, 0) is 23.7 Å². The van der Waals surface area contributed by atoms with E-state index < -0.39 is 0 Å². The fourth-order valence-electron chi connectivity index (χ4n) is 2.99. The third-order valence-electron chi connectivity index (χ3n) is 3.81. The Morgan fingerprint density at radius 3 is 2.79 bits per heavy atom. The van der Waals surface area contributed by atoms with Crippen LogP contribution in [-0.4, -0.2) is 34.3 Å². The molecule has 0 N–H and O–H groups in total. The molecule has 1 saturated heterocycles. The minimum Gasteiger partial charge on any atom is -0.357 e. The Morgan fingerprint density at radius 2 is 2.05 bits per heavy atom. The van der Waals surface area contributed by atoms with Crippen molar-refractivity contribution in [2.75, 3.05) is 13.1 Å². The van der Waals surface area contributed by atoms with Crippen LogP contribution in [0.5, 0.6) is 0 Å². The van der Waals surface area contributed by atoms with E-state index in [9.17, 15) is 0 Å². The minimum absolute atomic E-state index is 0.351. The van der Waals surface area contributed by atoms with E-state index in [1.807, 2.05) is 0 Å². The van der Waals surface area contributed by atoms with Crippen LogP contribution in [0, 0.1) is 0 Å². The van der Waals surface area contributed by atoms with Crippen molar-refractivity contribution >= 4 is 17.6 Å². The predicted octanol–water partition coefficient (Wildman–Crippen LogP) is 3.75. The molecule has 0 amide bonds. The molecule has 1 fully saturated rings. The molecule has 2 heterocycles. The third-order valence-corrected chi connectivity index (χ3v) is 5.13. The van der Waals surface area contributed by atoms with Gasteiger partial charge in [-0.15, -0.1) is 11.8 Å². The highest BCUT2D eigenvalue weighted by Crippen LogP contribution is 2.34. The van der Waals surface area contributed by atoms with Gasteiger partial charge >= 0.3 is 0 Å².